The zero-order chi connectivity index (χ0) is 14.1. The molecule has 6 nitrogen and oxygen atoms in total. The molecule has 0 saturated heterocycles. The summed E-state index contributed by atoms with van der Waals surface area (Å²) >= 11 is 1.79. The first-order valence-corrected chi connectivity index (χ1v) is 7.23. The van der Waals surface area contributed by atoms with Crippen molar-refractivity contribution in [2.75, 3.05) is 11.4 Å². The van der Waals surface area contributed by atoms with Crippen LogP contribution in [0.5, 0.6) is 0 Å². The number of amidine groups is 1. The summed E-state index contributed by atoms with van der Waals surface area (Å²) in [4.78, 5) is 3.57. The van der Waals surface area contributed by atoms with Crippen LogP contribution in [-0.2, 0) is 6.42 Å². The zero-order valence-electron chi connectivity index (χ0n) is 11.0. The summed E-state index contributed by atoms with van der Waals surface area (Å²) in [5.41, 5.74) is 7.65. The lowest BCUT2D eigenvalue weighted by Crippen LogP contribution is -2.35. The minimum Gasteiger partial charge on any atom is -0.409 e. The highest BCUT2D eigenvalue weighted by Gasteiger charge is 2.28. The van der Waals surface area contributed by atoms with Crippen LogP contribution in [0.15, 0.2) is 28.9 Å². The van der Waals surface area contributed by atoms with Gasteiger partial charge in [-0.1, -0.05) is 5.16 Å². The predicted octanol–water partition coefficient (Wildman–Crippen LogP) is 1.76. The van der Waals surface area contributed by atoms with E-state index < -0.39 is 0 Å². The standard InChI is InChI=1S/C13H15N5OS/c1-8-9-4-7-20-11(9)3-6-18(8)13-10(12(14)17-19)2-5-15-16-13/h2,4-5,7-8,19H,3,6H2,1H3,(H2,14,17). The van der Waals surface area contributed by atoms with E-state index in [4.69, 9.17) is 10.9 Å². The van der Waals surface area contributed by atoms with Crippen molar-refractivity contribution in [1.29, 1.82) is 0 Å². The van der Waals surface area contributed by atoms with E-state index in [1.807, 2.05) is 0 Å². The van der Waals surface area contributed by atoms with Gasteiger partial charge in [0.1, 0.15) is 0 Å². The molecule has 1 aliphatic rings. The first kappa shape index (κ1) is 12.9. The van der Waals surface area contributed by atoms with Crippen molar-refractivity contribution in [3.05, 3.63) is 39.7 Å². The number of nitrogens with zero attached hydrogens (tertiary/aromatic N) is 4. The SMILES string of the molecule is CC1c2ccsc2CCN1c1nnccc1/C(N)=N/O. The van der Waals surface area contributed by atoms with E-state index in [0.717, 1.165) is 13.0 Å². The van der Waals surface area contributed by atoms with E-state index in [1.165, 1.54) is 10.4 Å². The first-order chi connectivity index (χ1) is 9.72. The minimum absolute atomic E-state index is 0.0539. The Kier molecular flexibility index (Phi) is 3.27. The molecule has 3 N–H and O–H groups in total. The van der Waals surface area contributed by atoms with Gasteiger partial charge in [0.2, 0.25) is 0 Å². The second kappa shape index (κ2) is 5.09. The molecule has 0 amide bonds. The predicted molar refractivity (Wildman–Crippen MR) is 78.3 cm³/mol. The van der Waals surface area contributed by atoms with Crippen molar-refractivity contribution < 1.29 is 5.21 Å². The Morgan fingerprint density at radius 1 is 1.55 bits per heavy atom. The summed E-state index contributed by atoms with van der Waals surface area (Å²) in [6.07, 6.45) is 2.52. The van der Waals surface area contributed by atoms with Crippen LogP contribution in [0.1, 0.15) is 29.0 Å². The molecule has 0 spiro atoms. The molecule has 3 rings (SSSR count). The molecule has 1 aliphatic heterocycles. The molecule has 2 aromatic heterocycles. The molecule has 0 aromatic carbocycles. The van der Waals surface area contributed by atoms with Gasteiger partial charge in [-0.3, -0.25) is 0 Å². The number of rotatable bonds is 2. The molecule has 0 bridgehead atoms. The minimum atomic E-state index is 0.0539. The van der Waals surface area contributed by atoms with Gasteiger partial charge in [0.25, 0.3) is 0 Å². The van der Waals surface area contributed by atoms with Crippen LogP contribution in [-0.4, -0.2) is 27.8 Å². The van der Waals surface area contributed by atoms with Gasteiger partial charge in [-0.25, -0.2) is 0 Å². The molecule has 0 fully saturated rings. The van der Waals surface area contributed by atoms with E-state index in [1.54, 1.807) is 23.6 Å². The first-order valence-electron chi connectivity index (χ1n) is 6.35. The van der Waals surface area contributed by atoms with Gasteiger partial charge in [0, 0.05) is 11.4 Å². The van der Waals surface area contributed by atoms with Crippen LogP contribution >= 0.6 is 11.3 Å². The van der Waals surface area contributed by atoms with Crippen molar-refractivity contribution in [3.63, 3.8) is 0 Å². The lowest BCUT2D eigenvalue weighted by atomic mass is 10.0. The van der Waals surface area contributed by atoms with Crippen LogP contribution in [0.4, 0.5) is 5.82 Å². The second-order valence-corrected chi connectivity index (χ2v) is 5.67. The van der Waals surface area contributed by atoms with Gasteiger partial charge in [-0.2, -0.15) is 5.10 Å². The fourth-order valence-corrected chi connectivity index (χ4v) is 3.55. The third-order valence-corrected chi connectivity index (χ3v) is 4.63. The average Bonchev–Trinajstić information content (AvgIpc) is 2.96. The molecule has 20 heavy (non-hydrogen) atoms. The van der Waals surface area contributed by atoms with Crippen molar-refractivity contribution in [3.8, 4) is 0 Å². The van der Waals surface area contributed by atoms with Crippen molar-refractivity contribution >= 4 is 23.0 Å². The highest BCUT2D eigenvalue weighted by atomic mass is 32.1. The molecule has 1 atom stereocenters. The normalized spacial score (nSPS) is 18.9. The van der Waals surface area contributed by atoms with Crippen LogP contribution in [0, 0.1) is 0 Å². The molecule has 0 aliphatic carbocycles. The van der Waals surface area contributed by atoms with Crippen LogP contribution in [0.2, 0.25) is 0 Å². The van der Waals surface area contributed by atoms with Gasteiger partial charge in [-0.15, -0.1) is 16.4 Å². The molecular weight excluding hydrogens is 274 g/mol. The Morgan fingerprint density at radius 3 is 3.20 bits per heavy atom. The Balaban J connectivity index is 2.03. The summed E-state index contributed by atoms with van der Waals surface area (Å²) in [6.45, 7) is 2.98. The largest absolute Gasteiger partial charge is 0.409 e. The Morgan fingerprint density at radius 2 is 2.40 bits per heavy atom. The number of nitrogens with two attached hydrogens (primary N) is 1. The molecule has 7 heteroatoms. The van der Waals surface area contributed by atoms with Gasteiger partial charge in [-0.05, 0) is 36.4 Å². The monoisotopic (exact) mass is 289 g/mol. The number of anilines is 1. The maximum absolute atomic E-state index is 8.90. The number of thiophene rings is 1. The summed E-state index contributed by atoms with van der Waals surface area (Å²) in [7, 11) is 0. The number of hydrogen-bond acceptors (Lipinski definition) is 6. The Labute approximate surface area is 120 Å². The molecule has 2 aromatic rings. The smallest absolute Gasteiger partial charge is 0.173 e. The van der Waals surface area contributed by atoms with Crippen LogP contribution < -0.4 is 10.6 Å². The van der Waals surface area contributed by atoms with E-state index >= 15 is 0 Å². The number of hydrogen-bond donors (Lipinski definition) is 2. The van der Waals surface area contributed by atoms with Crippen LogP contribution in [0.3, 0.4) is 0 Å². The number of aromatic nitrogens is 2. The quantitative estimate of drug-likeness (QED) is 0.381. The highest BCUT2D eigenvalue weighted by molar-refractivity contribution is 7.10. The third-order valence-electron chi connectivity index (χ3n) is 3.63. The summed E-state index contributed by atoms with van der Waals surface area (Å²) in [5, 5.41) is 22.2. The molecule has 0 radical (unpaired) electrons. The van der Waals surface area contributed by atoms with Crippen molar-refractivity contribution in [1.82, 2.24) is 10.2 Å². The maximum Gasteiger partial charge on any atom is 0.173 e. The lowest BCUT2D eigenvalue weighted by Gasteiger charge is -2.35. The Bertz CT molecular complexity index is 654. The fourth-order valence-electron chi connectivity index (χ4n) is 2.59. The number of oxime groups is 1. The van der Waals surface area contributed by atoms with Gasteiger partial charge in [0.15, 0.2) is 11.7 Å². The molecule has 3 heterocycles. The number of fused-ring (bicyclic) bond motifs is 1. The van der Waals surface area contributed by atoms with Crippen molar-refractivity contribution in [2.45, 2.75) is 19.4 Å². The van der Waals surface area contributed by atoms with Gasteiger partial charge >= 0.3 is 0 Å². The molecule has 1 unspecified atom stereocenters. The van der Waals surface area contributed by atoms with E-state index in [-0.39, 0.29) is 11.9 Å². The highest BCUT2D eigenvalue weighted by Crippen LogP contribution is 2.36. The van der Waals surface area contributed by atoms with Gasteiger partial charge < -0.3 is 15.8 Å². The molecular formula is C13H15N5OS. The molecule has 104 valence electrons. The summed E-state index contributed by atoms with van der Waals surface area (Å²) < 4.78 is 0. The van der Waals surface area contributed by atoms with Gasteiger partial charge in [0.05, 0.1) is 17.8 Å². The third kappa shape index (κ3) is 2.00. The zero-order valence-corrected chi connectivity index (χ0v) is 11.8. The Hall–Kier alpha value is -2.15. The maximum atomic E-state index is 8.90. The fraction of sp³-hybridized carbons (Fsp3) is 0.308. The molecule has 0 saturated carbocycles. The second-order valence-electron chi connectivity index (χ2n) is 4.67. The van der Waals surface area contributed by atoms with E-state index in [0.29, 0.717) is 11.4 Å². The lowest BCUT2D eigenvalue weighted by molar-refractivity contribution is 0.318. The van der Waals surface area contributed by atoms with E-state index in [9.17, 15) is 0 Å². The summed E-state index contributed by atoms with van der Waals surface area (Å²) in [5.74, 6) is 0.713. The summed E-state index contributed by atoms with van der Waals surface area (Å²) in [6, 6.07) is 4.07. The average molecular weight is 289 g/mol. The topological polar surface area (TPSA) is 87.6 Å². The van der Waals surface area contributed by atoms with Crippen molar-refractivity contribution in [2.24, 2.45) is 10.9 Å². The van der Waals surface area contributed by atoms with Crippen LogP contribution in [0.25, 0.3) is 0 Å². The van der Waals surface area contributed by atoms with E-state index in [2.05, 4.69) is 38.6 Å².